The lowest BCUT2D eigenvalue weighted by Gasteiger charge is -2.09. The van der Waals surface area contributed by atoms with E-state index in [0.29, 0.717) is 5.88 Å². The fourth-order valence-electron chi connectivity index (χ4n) is 2.06. The Balaban J connectivity index is 1.92. The maximum Gasteiger partial charge on any atom is 0.213 e. The van der Waals surface area contributed by atoms with Crippen molar-refractivity contribution in [3.8, 4) is 5.88 Å². The van der Waals surface area contributed by atoms with Gasteiger partial charge in [0.05, 0.1) is 7.11 Å². The molecule has 3 heteroatoms. The predicted molar refractivity (Wildman–Crippen MR) is 77.2 cm³/mol. The Hall–Kier alpha value is -1.87. The lowest BCUT2D eigenvalue weighted by molar-refractivity contribution is 0.397. The third-order valence-corrected chi connectivity index (χ3v) is 3.15. The van der Waals surface area contributed by atoms with E-state index in [1.807, 2.05) is 12.1 Å². The van der Waals surface area contributed by atoms with Gasteiger partial charge in [-0.1, -0.05) is 23.8 Å². The standard InChI is InChI=1S/C16H20N2O/c1-12-4-5-15(13(2)8-12)11-17-10-14-6-7-18-16(9-14)19-3/h4-9,17H,10-11H2,1-3H3. The molecular formula is C16H20N2O. The number of rotatable bonds is 5. The zero-order chi connectivity index (χ0) is 13.7. The molecule has 0 saturated heterocycles. The number of nitrogens with one attached hydrogen (secondary N) is 1. The maximum atomic E-state index is 5.11. The first kappa shape index (κ1) is 13.6. The van der Waals surface area contributed by atoms with E-state index < -0.39 is 0 Å². The lowest BCUT2D eigenvalue weighted by Crippen LogP contribution is -2.13. The van der Waals surface area contributed by atoms with Crippen LogP contribution in [-0.4, -0.2) is 12.1 Å². The van der Waals surface area contributed by atoms with Gasteiger partial charge >= 0.3 is 0 Å². The van der Waals surface area contributed by atoms with E-state index in [9.17, 15) is 0 Å². The van der Waals surface area contributed by atoms with Crippen molar-refractivity contribution in [2.75, 3.05) is 7.11 Å². The largest absolute Gasteiger partial charge is 0.481 e. The van der Waals surface area contributed by atoms with E-state index in [-0.39, 0.29) is 0 Å². The minimum atomic E-state index is 0.658. The summed E-state index contributed by atoms with van der Waals surface area (Å²) in [7, 11) is 1.63. The topological polar surface area (TPSA) is 34.1 Å². The van der Waals surface area contributed by atoms with Gasteiger partial charge in [0.1, 0.15) is 0 Å². The van der Waals surface area contributed by atoms with Crippen LogP contribution < -0.4 is 10.1 Å². The highest BCUT2D eigenvalue weighted by Crippen LogP contribution is 2.11. The highest BCUT2D eigenvalue weighted by molar-refractivity contribution is 5.30. The van der Waals surface area contributed by atoms with Crippen LogP contribution in [0.2, 0.25) is 0 Å². The Bertz CT molecular complexity index is 552. The van der Waals surface area contributed by atoms with Crippen molar-refractivity contribution in [2.45, 2.75) is 26.9 Å². The van der Waals surface area contributed by atoms with Gasteiger partial charge in [0.25, 0.3) is 0 Å². The molecule has 0 atom stereocenters. The molecule has 1 heterocycles. The summed E-state index contributed by atoms with van der Waals surface area (Å²) in [4.78, 5) is 4.10. The highest BCUT2D eigenvalue weighted by atomic mass is 16.5. The molecule has 0 amide bonds. The van der Waals surface area contributed by atoms with Gasteiger partial charge in [-0.25, -0.2) is 4.98 Å². The molecule has 0 bridgehead atoms. The normalized spacial score (nSPS) is 10.5. The first-order valence-electron chi connectivity index (χ1n) is 6.45. The van der Waals surface area contributed by atoms with Crippen LogP contribution in [-0.2, 0) is 13.1 Å². The minimum Gasteiger partial charge on any atom is -0.481 e. The van der Waals surface area contributed by atoms with Crippen molar-refractivity contribution >= 4 is 0 Å². The third-order valence-electron chi connectivity index (χ3n) is 3.15. The Labute approximate surface area is 114 Å². The number of aromatic nitrogens is 1. The summed E-state index contributed by atoms with van der Waals surface area (Å²) in [6, 6.07) is 10.5. The number of hydrogen-bond donors (Lipinski definition) is 1. The van der Waals surface area contributed by atoms with Crippen molar-refractivity contribution in [1.29, 1.82) is 0 Å². The number of hydrogen-bond acceptors (Lipinski definition) is 3. The van der Waals surface area contributed by atoms with Gasteiger partial charge < -0.3 is 10.1 Å². The number of aryl methyl sites for hydroxylation is 2. The molecule has 100 valence electrons. The van der Waals surface area contributed by atoms with Crippen LogP contribution in [0.15, 0.2) is 36.5 Å². The number of benzene rings is 1. The second-order valence-corrected chi connectivity index (χ2v) is 4.74. The molecule has 19 heavy (non-hydrogen) atoms. The summed E-state index contributed by atoms with van der Waals surface area (Å²) in [5.41, 5.74) is 5.16. The molecule has 1 aromatic heterocycles. The summed E-state index contributed by atoms with van der Waals surface area (Å²) in [6.07, 6.45) is 1.77. The predicted octanol–water partition coefficient (Wildman–Crippen LogP) is 3.00. The summed E-state index contributed by atoms with van der Waals surface area (Å²) in [5.74, 6) is 0.658. The van der Waals surface area contributed by atoms with Crippen LogP contribution >= 0.6 is 0 Å². The molecule has 2 rings (SSSR count). The summed E-state index contributed by atoms with van der Waals surface area (Å²) in [5, 5.41) is 3.45. The second-order valence-electron chi connectivity index (χ2n) is 4.74. The lowest BCUT2D eigenvalue weighted by atomic mass is 10.1. The van der Waals surface area contributed by atoms with Gasteiger partial charge in [0, 0.05) is 25.4 Å². The van der Waals surface area contributed by atoms with Crippen molar-refractivity contribution in [2.24, 2.45) is 0 Å². The van der Waals surface area contributed by atoms with Crippen LogP contribution in [0.4, 0.5) is 0 Å². The fourth-order valence-corrected chi connectivity index (χ4v) is 2.06. The molecule has 0 aliphatic rings. The van der Waals surface area contributed by atoms with E-state index in [0.717, 1.165) is 13.1 Å². The van der Waals surface area contributed by atoms with E-state index in [1.54, 1.807) is 13.3 Å². The summed E-state index contributed by atoms with van der Waals surface area (Å²) < 4.78 is 5.11. The fraction of sp³-hybridized carbons (Fsp3) is 0.312. The molecular weight excluding hydrogens is 236 g/mol. The van der Waals surface area contributed by atoms with Gasteiger partial charge in [-0.2, -0.15) is 0 Å². The van der Waals surface area contributed by atoms with Gasteiger partial charge in [-0.05, 0) is 36.6 Å². The van der Waals surface area contributed by atoms with Gasteiger partial charge in [-0.3, -0.25) is 0 Å². The van der Waals surface area contributed by atoms with E-state index in [2.05, 4.69) is 42.3 Å². The van der Waals surface area contributed by atoms with E-state index >= 15 is 0 Å². The van der Waals surface area contributed by atoms with E-state index in [1.165, 1.54) is 22.3 Å². The number of ether oxygens (including phenoxy) is 1. The van der Waals surface area contributed by atoms with Crippen molar-refractivity contribution in [3.05, 3.63) is 58.8 Å². The van der Waals surface area contributed by atoms with Crippen LogP contribution in [0.3, 0.4) is 0 Å². The first-order chi connectivity index (χ1) is 9.19. The van der Waals surface area contributed by atoms with Crippen LogP contribution in [0.25, 0.3) is 0 Å². The Morgan fingerprint density at radius 2 is 1.95 bits per heavy atom. The molecule has 3 nitrogen and oxygen atoms in total. The van der Waals surface area contributed by atoms with Gasteiger partial charge in [0.2, 0.25) is 5.88 Å². The van der Waals surface area contributed by atoms with Crippen molar-refractivity contribution in [3.63, 3.8) is 0 Å². The van der Waals surface area contributed by atoms with Gasteiger partial charge in [0.15, 0.2) is 0 Å². The van der Waals surface area contributed by atoms with Crippen molar-refractivity contribution < 1.29 is 4.74 Å². The molecule has 2 aromatic rings. The van der Waals surface area contributed by atoms with E-state index in [4.69, 9.17) is 4.74 Å². The van der Waals surface area contributed by atoms with Crippen LogP contribution in [0.5, 0.6) is 5.88 Å². The molecule has 0 unspecified atom stereocenters. The summed E-state index contributed by atoms with van der Waals surface area (Å²) >= 11 is 0. The molecule has 0 fully saturated rings. The van der Waals surface area contributed by atoms with Crippen LogP contribution in [0, 0.1) is 13.8 Å². The van der Waals surface area contributed by atoms with Crippen molar-refractivity contribution in [1.82, 2.24) is 10.3 Å². The average molecular weight is 256 g/mol. The first-order valence-corrected chi connectivity index (χ1v) is 6.45. The number of nitrogens with zero attached hydrogens (tertiary/aromatic N) is 1. The zero-order valence-corrected chi connectivity index (χ0v) is 11.7. The quantitative estimate of drug-likeness (QED) is 0.893. The Morgan fingerprint density at radius 3 is 2.68 bits per heavy atom. The Morgan fingerprint density at radius 1 is 1.11 bits per heavy atom. The molecule has 0 aliphatic heterocycles. The van der Waals surface area contributed by atoms with Gasteiger partial charge in [-0.15, -0.1) is 0 Å². The number of methoxy groups -OCH3 is 1. The zero-order valence-electron chi connectivity index (χ0n) is 11.7. The molecule has 1 aromatic carbocycles. The molecule has 0 saturated carbocycles. The third kappa shape index (κ3) is 3.80. The molecule has 0 spiro atoms. The van der Waals surface area contributed by atoms with Crippen LogP contribution in [0.1, 0.15) is 22.3 Å². The second kappa shape index (κ2) is 6.34. The maximum absolute atomic E-state index is 5.11. The monoisotopic (exact) mass is 256 g/mol. The highest BCUT2D eigenvalue weighted by Gasteiger charge is 2.00. The SMILES string of the molecule is COc1cc(CNCc2ccc(C)cc2C)ccn1. The summed E-state index contributed by atoms with van der Waals surface area (Å²) in [6.45, 7) is 5.95. The average Bonchev–Trinajstić information content (AvgIpc) is 2.41. The Kier molecular flexibility index (Phi) is 4.53. The molecule has 0 radical (unpaired) electrons. The minimum absolute atomic E-state index is 0.658. The smallest absolute Gasteiger partial charge is 0.213 e. The molecule has 1 N–H and O–H groups in total. The number of pyridine rings is 1. The molecule has 0 aliphatic carbocycles.